The number of hydrogen-bond acceptors (Lipinski definition) is 6. The van der Waals surface area contributed by atoms with Gasteiger partial charge in [0, 0.05) is 38.8 Å². The zero-order valence-corrected chi connectivity index (χ0v) is 18.4. The second-order valence-electron chi connectivity index (χ2n) is 7.51. The monoisotopic (exact) mass is 464 g/mol. The molecule has 0 aliphatic carbocycles. The summed E-state index contributed by atoms with van der Waals surface area (Å²) in [5.41, 5.74) is 0.456. The highest BCUT2D eigenvalue weighted by Crippen LogP contribution is 2.27. The minimum absolute atomic E-state index is 0.127. The van der Waals surface area contributed by atoms with E-state index in [4.69, 9.17) is 0 Å². The third-order valence-electron chi connectivity index (χ3n) is 5.51. The molecule has 11 heteroatoms. The molecule has 172 valence electrons. The van der Waals surface area contributed by atoms with Gasteiger partial charge in [-0.3, -0.25) is 19.8 Å². The van der Waals surface area contributed by atoms with Crippen molar-refractivity contribution in [1.82, 2.24) is 14.5 Å². The molecule has 0 saturated carbocycles. The zero-order chi connectivity index (χ0) is 23.3. The summed E-state index contributed by atoms with van der Waals surface area (Å²) in [5.74, 6) is -0.489. The number of nitro groups is 1. The summed E-state index contributed by atoms with van der Waals surface area (Å²) in [5, 5.41) is 14.1. The molecule has 0 aromatic heterocycles. The fourth-order valence-corrected chi connectivity index (χ4v) is 5.17. The molecule has 3 rings (SSSR count). The minimum Gasteiger partial charge on any atom is -0.354 e. The molecule has 1 amide bonds. The van der Waals surface area contributed by atoms with Gasteiger partial charge >= 0.3 is 0 Å². The minimum atomic E-state index is -4.02. The number of rotatable bonds is 8. The lowest BCUT2D eigenvalue weighted by Gasteiger charge is -2.36. The molecule has 1 aliphatic heterocycles. The maximum atomic E-state index is 13.0. The number of para-hydroxylation sites is 1. The maximum absolute atomic E-state index is 13.0. The Labute approximate surface area is 186 Å². The molecule has 9 nitrogen and oxygen atoms in total. The molecule has 1 aliphatic rings. The average Bonchev–Trinajstić information content (AvgIpc) is 2.79. The topological polar surface area (TPSA) is 113 Å². The lowest BCUT2D eigenvalue weighted by atomic mass is 10.1. The van der Waals surface area contributed by atoms with Crippen LogP contribution in [0.15, 0.2) is 53.4 Å². The van der Waals surface area contributed by atoms with E-state index in [0.29, 0.717) is 26.1 Å². The van der Waals surface area contributed by atoms with Crippen molar-refractivity contribution in [2.75, 3.05) is 32.7 Å². The first-order valence-electron chi connectivity index (χ1n) is 10.2. The van der Waals surface area contributed by atoms with Crippen molar-refractivity contribution in [1.29, 1.82) is 0 Å². The van der Waals surface area contributed by atoms with Crippen LogP contribution >= 0.6 is 0 Å². The van der Waals surface area contributed by atoms with E-state index in [1.165, 1.54) is 40.7 Å². The van der Waals surface area contributed by atoms with Crippen LogP contribution in [0.2, 0.25) is 0 Å². The molecule has 2 aromatic carbocycles. The van der Waals surface area contributed by atoms with Crippen molar-refractivity contribution < 1.29 is 22.5 Å². The van der Waals surface area contributed by atoms with Gasteiger partial charge in [-0.25, -0.2) is 12.8 Å². The Morgan fingerprint density at radius 1 is 1.12 bits per heavy atom. The van der Waals surface area contributed by atoms with Crippen molar-refractivity contribution >= 4 is 21.6 Å². The molecule has 1 fully saturated rings. The lowest BCUT2D eigenvalue weighted by Crippen LogP contribution is -2.55. The van der Waals surface area contributed by atoms with Gasteiger partial charge in [0.2, 0.25) is 15.9 Å². The fourth-order valence-electron chi connectivity index (χ4n) is 3.59. The molecule has 2 aromatic rings. The molecule has 0 bridgehead atoms. The van der Waals surface area contributed by atoms with Crippen LogP contribution in [0.5, 0.6) is 0 Å². The van der Waals surface area contributed by atoms with E-state index in [9.17, 15) is 27.7 Å². The van der Waals surface area contributed by atoms with Crippen LogP contribution in [0.3, 0.4) is 0 Å². The summed E-state index contributed by atoms with van der Waals surface area (Å²) in [6.07, 6.45) is 0.570. The van der Waals surface area contributed by atoms with E-state index >= 15 is 0 Å². The number of carbonyl (C=O) groups is 1. The van der Waals surface area contributed by atoms with Crippen LogP contribution in [-0.4, -0.2) is 67.2 Å². The molecule has 1 N–H and O–H groups in total. The van der Waals surface area contributed by atoms with Gasteiger partial charge in [0.25, 0.3) is 5.69 Å². The molecule has 0 radical (unpaired) electrons. The van der Waals surface area contributed by atoms with E-state index in [-0.39, 0.29) is 29.7 Å². The number of hydrogen-bond donors (Lipinski definition) is 1. The van der Waals surface area contributed by atoms with Crippen molar-refractivity contribution in [3.63, 3.8) is 0 Å². The smallest absolute Gasteiger partial charge is 0.289 e. The Balaban J connectivity index is 1.53. The van der Waals surface area contributed by atoms with Crippen LogP contribution in [0.1, 0.15) is 12.5 Å². The van der Waals surface area contributed by atoms with Gasteiger partial charge < -0.3 is 5.32 Å². The third kappa shape index (κ3) is 5.47. The zero-order valence-electron chi connectivity index (χ0n) is 17.6. The van der Waals surface area contributed by atoms with Crippen LogP contribution in [-0.2, 0) is 21.2 Å². The van der Waals surface area contributed by atoms with Gasteiger partial charge in [0.15, 0.2) is 4.90 Å². The highest BCUT2D eigenvalue weighted by atomic mass is 32.2. The quantitative estimate of drug-likeness (QED) is 0.471. The molecule has 0 spiro atoms. The SMILES string of the molecule is CC(C(=O)NCCc1ccc(F)cc1)N1CCN(S(=O)(=O)c2ccccc2[N+](=O)[O-])CC1. The van der Waals surface area contributed by atoms with Gasteiger partial charge in [0.05, 0.1) is 11.0 Å². The predicted molar refractivity (Wildman–Crippen MR) is 116 cm³/mol. The maximum Gasteiger partial charge on any atom is 0.289 e. The predicted octanol–water partition coefficient (Wildman–Crippen LogP) is 1.79. The number of nitrogens with zero attached hydrogens (tertiary/aromatic N) is 3. The molecule has 1 atom stereocenters. The largest absolute Gasteiger partial charge is 0.354 e. The Morgan fingerprint density at radius 2 is 1.75 bits per heavy atom. The van der Waals surface area contributed by atoms with Gasteiger partial charge in [-0.1, -0.05) is 24.3 Å². The van der Waals surface area contributed by atoms with Gasteiger partial charge in [-0.05, 0) is 37.1 Å². The molecule has 32 heavy (non-hydrogen) atoms. The van der Waals surface area contributed by atoms with Crippen LogP contribution in [0.4, 0.5) is 10.1 Å². The first-order chi connectivity index (χ1) is 15.2. The van der Waals surface area contributed by atoms with E-state index in [2.05, 4.69) is 5.32 Å². The van der Waals surface area contributed by atoms with E-state index < -0.39 is 26.7 Å². The Morgan fingerprint density at radius 3 is 2.38 bits per heavy atom. The Bertz CT molecular complexity index is 1070. The highest BCUT2D eigenvalue weighted by molar-refractivity contribution is 7.89. The van der Waals surface area contributed by atoms with Gasteiger partial charge in [-0.2, -0.15) is 4.31 Å². The first-order valence-corrected chi connectivity index (χ1v) is 11.6. The summed E-state index contributed by atoms with van der Waals surface area (Å²) in [6, 6.07) is 10.9. The normalized spacial score (nSPS) is 16.4. The number of sulfonamides is 1. The number of nitro benzene ring substituents is 1. The van der Waals surface area contributed by atoms with Crippen LogP contribution < -0.4 is 5.32 Å². The molecule has 1 heterocycles. The van der Waals surface area contributed by atoms with Gasteiger partial charge in [-0.15, -0.1) is 0 Å². The van der Waals surface area contributed by atoms with Crippen molar-refractivity contribution in [2.24, 2.45) is 0 Å². The second kappa shape index (κ2) is 10.2. The van der Waals surface area contributed by atoms with Gasteiger partial charge in [0.1, 0.15) is 5.82 Å². The lowest BCUT2D eigenvalue weighted by molar-refractivity contribution is -0.387. The Hall–Kier alpha value is -2.89. The van der Waals surface area contributed by atoms with E-state index in [1.807, 2.05) is 4.90 Å². The number of halogens is 1. The summed E-state index contributed by atoms with van der Waals surface area (Å²) >= 11 is 0. The number of carbonyl (C=O) groups excluding carboxylic acids is 1. The number of piperazine rings is 1. The second-order valence-corrected chi connectivity index (χ2v) is 9.41. The summed E-state index contributed by atoms with van der Waals surface area (Å²) in [4.78, 5) is 24.5. The average molecular weight is 465 g/mol. The Kier molecular flexibility index (Phi) is 7.54. The summed E-state index contributed by atoms with van der Waals surface area (Å²) in [6.45, 7) is 3.06. The summed E-state index contributed by atoms with van der Waals surface area (Å²) < 4.78 is 40.0. The number of nitrogens with one attached hydrogen (secondary N) is 1. The number of amides is 1. The molecule has 1 unspecified atom stereocenters. The van der Waals surface area contributed by atoms with Crippen LogP contribution in [0, 0.1) is 15.9 Å². The molecular weight excluding hydrogens is 439 g/mol. The standard InChI is InChI=1S/C21H25FN4O5S/c1-16(21(27)23-11-10-17-6-8-18(22)9-7-17)24-12-14-25(15-13-24)32(30,31)20-5-3-2-4-19(20)26(28)29/h2-9,16H,10-15H2,1H3,(H,23,27). The number of benzene rings is 2. The fraction of sp³-hybridized carbons (Fsp3) is 0.381. The molecular formula is C21H25FN4O5S. The summed E-state index contributed by atoms with van der Waals surface area (Å²) in [7, 11) is -4.02. The van der Waals surface area contributed by atoms with Crippen LogP contribution in [0.25, 0.3) is 0 Å². The van der Waals surface area contributed by atoms with E-state index in [1.54, 1.807) is 19.1 Å². The van der Waals surface area contributed by atoms with Crippen molar-refractivity contribution in [2.45, 2.75) is 24.3 Å². The van der Waals surface area contributed by atoms with Crippen molar-refractivity contribution in [3.8, 4) is 0 Å². The first kappa shape index (κ1) is 23.8. The highest BCUT2D eigenvalue weighted by Gasteiger charge is 2.35. The van der Waals surface area contributed by atoms with Crippen molar-refractivity contribution in [3.05, 3.63) is 70.0 Å². The van der Waals surface area contributed by atoms with E-state index in [0.717, 1.165) is 5.56 Å². The third-order valence-corrected chi connectivity index (χ3v) is 7.45. The molecule has 1 saturated heterocycles.